The van der Waals surface area contributed by atoms with E-state index in [-0.39, 0.29) is 12.3 Å². The van der Waals surface area contributed by atoms with Crippen LogP contribution in [0.3, 0.4) is 0 Å². The highest BCUT2D eigenvalue weighted by Crippen LogP contribution is 2.28. The number of nitrogens with one attached hydrogen (secondary N) is 1. The minimum atomic E-state index is -0.822. The maximum absolute atomic E-state index is 12.1. The Morgan fingerprint density at radius 3 is 2.12 bits per heavy atom. The van der Waals surface area contributed by atoms with Gasteiger partial charge in [0, 0.05) is 18.5 Å². The molecule has 2 aromatic carbocycles. The predicted molar refractivity (Wildman–Crippen MR) is 98.9 cm³/mol. The summed E-state index contributed by atoms with van der Waals surface area (Å²) in [5.41, 5.74) is 2.61. The molecule has 0 saturated carbocycles. The molecule has 2 N–H and O–H groups in total. The van der Waals surface area contributed by atoms with Crippen molar-refractivity contribution >= 4 is 17.6 Å². The van der Waals surface area contributed by atoms with E-state index in [1.807, 2.05) is 30.3 Å². The Morgan fingerprint density at radius 2 is 1.50 bits per heavy atom. The summed E-state index contributed by atoms with van der Waals surface area (Å²) in [6.45, 7) is 0. The van der Waals surface area contributed by atoms with Crippen LogP contribution in [0, 0.1) is 0 Å². The number of methoxy groups -OCH3 is 2. The smallest absolute Gasteiger partial charge is 0.303 e. The van der Waals surface area contributed by atoms with Crippen molar-refractivity contribution in [3.05, 3.63) is 53.6 Å². The van der Waals surface area contributed by atoms with Crippen molar-refractivity contribution in [1.82, 2.24) is 0 Å². The summed E-state index contributed by atoms with van der Waals surface area (Å²) >= 11 is 0. The van der Waals surface area contributed by atoms with Gasteiger partial charge in [0.15, 0.2) is 11.5 Å². The monoisotopic (exact) mass is 357 g/mol. The number of ether oxygens (including phenoxy) is 2. The van der Waals surface area contributed by atoms with Gasteiger partial charge in [-0.05, 0) is 48.2 Å². The second kappa shape index (κ2) is 9.46. The van der Waals surface area contributed by atoms with Gasteiger partial charge in [-0.2, -0.15) is 0 Å². The van der Waals surface area contributed by atoms with Crippen LogP contribution >= 0.6 is 0 Å². The number of amides is 1. The molecule has 2 aromatic rings. The van der Waals surface area contributed by atoms with Gasteiger partial charge in [0.05, 0.1) is 14.2 Å². The van der Waals surface area contributed by atoms with Crippen LogP contribution in [0.25, 0.3) is 0 Å². The molecule has 6 nitrogen and oxygen atoms in total. The normalized spacial score (nSPS) is 10.2. The molecule has 0 aliphatic heterocycles. The lowest BCUT2D eigenvalue weighted by Gasteiger charge is -2.10. The minimum Gasteiger partial charge on any atom is -0.493 e. The van der Waals surface area contributed by atoms with Gasteiger partial charge in [-0.15, -0.1) is 0 Å². The molecule has 0 aromatic heterocycles. The first-order valence-corrected chi connectivity index (χ1v) is 8.33. The highest BCUT2D eigenvalue weighted by Gasteiger charge is 2.08. The van der Waals surface area contributed by atoms with E-state index >= 15 is 0 Å². The molecule has 6 heteroatoms. The van der Waals surface area contributed by atoms with Crippen LogP contribution in [-0.2, 0) is 22.4 Å². The SMILES string of the molecule is COc1ccc(CCC(=O)Nc2ccc(CCC(=O)O)cc2)cc1OC. The zero-order chi connectivity index (χ0) is 18.9. The number of rotatable bonds is 9. The number of aliphatic carboxylic acids is 1. The van der Waals surface area contributed by atoms with Crippen LogP contribution in [0.4, 0.5) is 5.69 Å². The molecule has 0 unspecified atom stereocenters. The van der Waals surface area contributed by atoms with Gasteiger partial charge in [-0.25, -0.2) is 0 Å². The van der Waals surface area contributed by atoms with Gasteiger partial charge in [0.1, 0.15) is 0 Å². The predicted octanol–water partition coefficient (Wildman–Crippen LogP) is 3.29. The first kappa shape index (κ1) is 19.3. The van der Waals surface area contributed by atoms with E-state index in [9.17, 15) is 9.59 Å². The summed E-state index contributed by atoms with van der Waals surface area (Å²) < 4.78 is 10.5. The van der Waals surface area contributed by atoms with Gasteiger partial charge in [0.25, 0.3) is 0 Å². The average molecular weight is 357 g/mol. The number of carbonyl (C=O) groups excluding carboxylic acids is 1. The highest BCUT2D eigenvalue weighted by molar-refractivity contribution is 5.90. The number of carboxylic acid groups (broad SMARTS) is 1. The van der Waals surface area contributed by atoms with Gasteiger partial charge in [0.2, 0.25) is 5.91 Å². The fraction of sp³-hybridized carbons (Fsp3) is 0.300. The van der Waals surface area contributed by atoms with Crippen LogP contribution < -0.4 is 14.8 Å². The van der Waals surface area contributed by atoms with Crippen LogP contribution in [0.2, 0.25) is 0 Å². The second-order valence-electron chi connectivity index (χ2n) is 5.83. The molecular weight excluding hydrogens is 334 g/mol. The number of hydrogen-bond donors (Lipinski definition) is 2. The molecule has 0 fully saturated rings. The fourth-order valence-electron chi connectivity index (χ4n) is 2.52. The Labute approximate surface area is 152 Å². The number of hydrogen-bond acceptors (Lipinski definition) is 4. The van der Waals surface area contributed by atoms with E-state index in [1.165, 1.54) is 0 Å². The summed E-state index contributed by atoms with van der Waals surface area (Å²) in [6.07, 6.45) is 1.50. The third-order valence-corrected chi connectivity index (χ3v) is 3.95. The molecule has 0 bridgehead atoms. The summed E-state index contributed by atoms with van der Waals surface area (Å²) in [5, 5.41) is 11.5. The largest absolute Gasteiger partial charge is 0.493 e. The number of anilines is 1. The van der Waals surface area contributed by atoms with Crippen molar-refractivity contribution in [3.8, 4) is 11.5 Å². The van der Waals surface area contributed by atoms with Gasteiger partial charge >= 0.3 is 5.97 Å². The summed E-state index contributed by atoms with van der Waals surface area (Å²) in [6, 6.07) is 12.8. The number of aryl methyl sites for hydroxylation is 2. The molecule has 0 radical (unpaired) electrons. The molecule has 138 valence electrons. The third kappa shape index (κ3) is 5.81. The quantitative estimate of drug-likeness (QED) is 0.719. The summed E-state index contributed by atoms with van der Waals surface area (Å²) in [4.78, 5) is 22.7. The zero-order valence-corrected chi connectivity index (χ0v) is 15.0. The molecule has 0 aliphatic rings. The fourth-order valence-corrected chi connectivity index (χ4v) is 2.52. The van der Waals surface area contributed by atoms with Gasteiger partial charge in [-0.1, -0.05) is 18.2 Å². The topological polar surface area (TPSA) is 84.9 Å². The van der Waals surface area contributed by atoms with E-state index in [0.29, 0.717) is 36.4 Å². The molecule has 0 heterocycles. The van der Waals surface area contributed by atoms with Crippen molar-refractivity contribution in [2.75, 3.05) is 19.5 Å². The summed E-state index contributed by atoms with van der Waals surface area (Å²) in [5.74, 6) is 0.390. The molecule has 2 rings (SSSR count). The Balaban J connectivity index is 1.86. The van der Waals surface area contributed by atoms with E-state index in [1.54, 1.807) is 26.4 Å². The molecule has 1 amide bonds. The van der Waals surface area contributed by atoms with Crippen molar-refractivity contribution in [2.24, 2.45) is 0 Å². The Bertz CT molecular complexity index is 755. The first-order chi connectivity index (χ1) is 12.5. The van der Waals surface area contributed by atoms with E-state index in [0.717, 1.165) is 11.1 Å². The van der Waals surface area contributed by atoms with Gasteiger partial charge < -0.3 is 19.9 Å². The minimum absolute atomic E-state index is 0.0851. The molecule has 26 heavy (non-hydrogen) atoms. The summed E-state index contributed by atoms with van der Waals surface area (Å²) in [7, 11) is 3.16. The standard InChI is InChI=1S/C20H23NO5/c1-25-17-10-5-15(13-18(17)26-2)6-11-19(22)21-16-8-3-14(4-9-16)7-12-20(23)24/h3-5,8-10,13H,6-7,11-12H2,1-2H3,(H,21,22)(H,23,24). The Kier molecular flexibility index (Phi) is 7.02. The van der Waals surface area contributed by atoms with Crippen LogP contribution in [-0.4, -0.2) is 31.2 Å². The third-order valence-electron chi connectivity index (χ3n) is 3.95. The molecule has 0 atom stereocenters. The van der Waals surface area contributed by atoms with Crippen molar-refractivity contribution in [2.45, 2.75) is 25.7 Å². The maximum Gasteiger partial charge on any atom is 0.303 e. The Morgan fingerprint density at radius 1 is 0.885 bits per heavy atom. The molecule has 0 aliphatic carbocycles. The van der Waals surface area contributed by atoms with Gasteiger partial charge in [-0.3, -0.25) is 9.59 Å². The maximum atomic E-state index is 12.1. The lowest BCUT2D eigenvalue weighted by Crippen LogP contribution is -2.12. The number of carboxylic acids is 1. The van der Waals surface area contributed by atoms with Crippen molar-refractivity contribution in [3.63, 3.8) is 0 Å². The molecule has 0 spiro atoms. The lowest BCUT2D eigenvalue weighted by molar-refractivity contribution is -0.137. The number of carbonyl (C=O) groups is 2. The molecular formula is C20H23NO5. The Hall–Kier alpha value is -3.02. The van der Waals surface area contributed by atoms with E-state index in [2.05, 4.69) is 5.32 Å². The first-order valence-electron chi connectivity index (χ1n) is 8.33. The van der Waals surface area contributed by atoms with Crippen LogP contribution in [0.1, 0.15) is 24.0 Å². The molecule has 0 saturated heterocycles. The second-order valence-corrected chi connectivity index (χ2v) is 5.83. The van der Waals surface area contributed by atoms with Crippen molar-refractivity contribution in [1.29, 1.82) is 0 Å². The van der Waals surface area contributed by atoms with E-state index in [4.69, 9.17) is 14.6 Å². The van der Waals surface area contributed by atoms with Crippen LogP contribution in [0.15, 0.2) is 42.5 Å². The average Bonchev–Trinajstić information content (AvgIpc) is 2.65. The highest BCUT2D eigenvalue weighted by atomic mass is 16.5. The van der Waals surface area contributed by atoms with Crippen molar-refractivity contribution < 1.29 is 24.2 Å². The van der Waals surface area contributed by atoms with Crippen LogP contribution in [0.5, 0.6) is 11.5 Å². The van der Waals surface area contributed by atoms with E-state index < -0.39 is 5.97 Å². The zero-order valence-electron chi connectivity index (χ0n) is 15.0. The number of benzene rings is 2. The lowest BCUT2D eigenvalue weighted by atomic mass is 10.1.